The SMILES string of the molecule is Nc1ccc(I)cc1CC=O. The van der Waals surface area contributed by atoms with Gasteiger partial charge in [0, 0.05) is 15.7 Å². The summed E-state index contributed by atoms with van der Waals surface area (Å²) in [4.78, 5) is 10.2. The fourth-order valence-corrected chi connectivity index (χ4v) is 1.40. The first-order valence-corrected chi connectivity index (χ1v) is 4.29. The Morgan fingerprint density at radius 2 is 2.27 bits per heavy atom. The van der Waals surface area contributed by atoms with Crippen molar-refractivity contribution in [3.63, 3.8) is 0 Å². The zero-order valence-corrected chi connectivity index (χ0v) is 8.04. The maximum atomic E-state index is 10.2. The van der Waals surface area contributed by atoms with Gasteiger partial charge in [-0.25, -0.2) is 0 Å². The second-order valence-electron chi connectivity index (χ2n) is 2.21. The largest absolute Gasteiger partial charge is 0.398 e. The monoisotopic (exact) mass is 261 g/mol. The minimum atomic E-state index is 0.405. The van der Waals surface area contributed by atoms with Gasteiger partial charge in [-0.2, -0.15) is 0 Å². The zero-order valence-electron chi connectivity index (χ0n) is 5.88. The highest BCUT2D eigenvalue weighted by Crippen LogP contribution is 2.15. The van der Waals surface area contributed by atoms with Crippen molar-refractivity contribution in [3.05, 3.63) is 27.3 Å². The predicted molar refractivity (Wildman–Crippen MR) is 53.3 cm³/mol. The molecule has 0 aromatic heterocycles. The van der Waals surface area contributed by atoms with Crippen LogP contribution in [0.5, 0.6) is 0 Å². The molecule has 0 heterocycles. The molecule has 0 bridgehead atoms. The van der Waals surface area contributed by atoms with Crippen LogP contribution in [0.15, 0.2) is 18.2 Å². The lowest BCUT2D eigenvalue weighted by molar-refractivity contribution is -0.107. The number of halogens is 1. The van der Waals surface area contributed by atoms with E-state index in [1.807, 2.05) is 18.2 Å². The fraction of sp³-hybridized carbons (Fsp3) is 0.125. The Bertz CT molecular complexity index is 273. The van der Waals surface area contributed by atoms with Crippen LogP contribution < -0.4 is 5.73 Å². The molecular formula is C8H8INO. The lowest BCUT2D eigenvalue weighted by atomic mass is 10.1. The van der Waals surface area contributed by atoms with Crippen molar-refractivity contribution >= 4 is 34.6 Å². The number of rotatable bonds is 2. The lowest BCUT2D eigenvalue weighted by Crippen LogP contribution is -1.95. The van der Waals surface area contributed by atoms with Crippen molar-refractivity contribution in [1.29, 1.82) is 0 Å². The van der Waals surface area contributed by atoms with Gasteiger partial charge >= 0.3 is 0 Å². The quantitative estimate of drug-likeness (QED) is 0.499. The smallest absolute Gasteiger partial charge is 0.124 e. The van der Waals surface area contributed by atoms with Crippen LogP contribution >= 0.6 is 22.6 Å². The molecule has 0 aliphatic carbocycles. The molecule has 0 aliphatic heterocycles. The normalized spacial score (nSPS) is 9.55. The van der Waals surface area contributed by atoms with E-state index < -0.39 is 0 Å². The number of anilines is 1. The summed E-state index contributed by atoms with van der Waals surface area (Å²) in [6, 6.07) is 5.66. The van der Waals surface area contributed by atoms with Crippen molar-refractivity contribution < 1.29 is 4.79 Å². The van der Waals surface area contributed by atoms with Crippen LogP contribution in [0.25, 0.3) is 0 Å². The van der Waals surface area contributed by atoms with Gasteiger partial charge in [-0.05, 0) is 46.4 Å². The molecular weight excluding hydrogens is 253 g/mol. The van der Waals surface area contributed by atoms with Gasteiger partial charge in [0.1, 0.15) is 6.29 Å². The van der Waals surface area contributed by atoms with Gasteiger partial charge in [0.2, 0.25) is 0 Å². The molecule has 0 fully saturated rings. The molecule has 0 saturated heterocycles. The highest BCUT2D eigenvalue weighted by atomic mass is 127. The molecule has 11 heavy (non-hydrogen) atoms. The first kappa shape index (κ1) is 8.52. The van der Waals surface area contributed by atoms with Crippen LogP contribution in [0.1, 0.15) is 5.56 Å². The summed E-state index contributed by atoms with van der Waals surface area (Å²) in [5.41, 5.74) is 7.21. The predicted octanol–water partition coefficient (Wildman–Crippen LogP) is 1.61. The summed E-state index contributed by atoms with van der Waals surface area (Å²) in [7, 11) is 0. The van der Waals surface area contributed by atoms with Crippen LogP contribution in [0.4, 0.5) is 5.69 Å². The van der Waals surface area contributed by atoms with Crippen molar-refractivity contribution in [3.8, 4) is 0 Å². The van der Waals surface area contributed by atoms with Crippen LogP contribution in [-0.4, -0.2) is 6.29 Å². The van der Waals surface area contributed by atoms with Gasteiger partial charge in [0.05, 0.1) is 0 Å². The van der Waals surface area contributed by atoms with E-state index in [0.717, 1.165) is 15.4 Å². The van der Waals surface area contributed by atoms with Crippen LogP contribution in [-0.2, 0) is 11.2 Å². The van der Waals surface area contributed by atoms with Crippen molar-refractivity contribution in [1.82, 2.24) is 0 Å². The maximum Gasteiger partial charge on any atom is 0.124 e. The average Bonchev–Trinajstić information content (AvgIpc) is 1.98. The van der Waals surface area contributed by atoms with Crippen molar-refractivity contribution in [2.24, 2.45) is 0 Å². The molecule has 0 amide bonds. The Hall–Kier alpha value is -0.580. The van der Waals surface area contributed by atoms with E-state index in [9.17, 15) is 4.79 Å². The molecule has 1 rings (SSSR count). The van der Waals surface area contributed by atoms with Crippen LogP contribution in [0, 0.1) is 3.57 Å². The third-order valence-electron chi connectivity index (χ3n) is 1.41. The Morgan fingerprint density at radius 3 is 2.91 bits per heavy atom. The number of carbonyl (C=O) groups excluding carboxylic acids is 1. The van der Waals surface area contributed by atoms with Gasteiger partial charge < -0.3 is 10.5 Å². The minimum Gasteiger partial charge on any atom is -0.398 e. The standard InChI is InChI=1S/C8H8INO/c9-7-1-2-8(10)6(5-7)3-4-11/h1-2,4-5H,3,10H2. The number of hydrogen-bond donors (Lipinski definition) is 1. The summed E-state index contributed by atoms with van der Waals surface area (Å²) in [5.74, 6) is 0. The Labute approximate surface area is 78.9 Å². The number of carbonyl (C=O) groups is 1. The zero-order chi connectivity index (χ0) is 8.27. The summed E-state index contributed by atoms with van der Waals surface area (Å²) in [5, 5.41) is 0. The van der Waals surface area contributed by atoms with Crippen molar-refractivity contribution in [2.45, 2.75) is 6.42 Å². The second-order valence-corrected chi connectivity index (χ2v) is 3.46. The highest BCUT2D eigenvalue weighted by molar-refractivity contribution is 14.1. The van der Waals surface area contributed by atoms with Crippen LogP contribution in [0.3, 0.4) is 0 Å². The molecule has 2 N–H and O–H groups in total. The first-order chi connectivity index (χ1) is 5.24. The van der Waals surface area contributed by atoms with E-state index in [-0.39, 0.29) is 0 Å². The topological polar surface area (TPSA) is 43.1 Å². The number of nitrogen functional groups attached to an aromatic ring is 1. The third kappa shape index (κ3) is 2.18. The van der Waals surface area contributed by atoms with Gasteiger partial charge in [-0.1, -0.05) is 0 Å². The van der Waals surface area contributed by atoms with Gasteiger partial charge in [-0.15, -0.1) is 0 Å². The highest BCUT2D eigenvalue weighted by Gasteiger charge is 1.97. The molecule has 0 unspecified atom stereocenters. The summed E-state index contributed by atoms with van der Waals surface area (Å²) >= 11 is 2.19. The molecule has 3 heteroatoms. The Morgan fingerprint density at radius 1 is 1.55 bits per heavy atom. The van der Waals surface area contributed by atoms with E-state index in [4.69, 9.17) is 5.73 Å². The average molecular weight is 261 g/mol. The Kier molecular flexibility index (Phi) is 2.87. The van der Waals surface area contributed by atoms with E-state index >= 15 is 0 Å². The lowest BCUT2D eigenvalue weighted by Gasteiger charge is -2.00. The van der Waals surface area contributed by atoms with Crippen molar-refractivity contribution in [2.75, 3.05) is 5.73 Å². The molecule has 1 aromatic rings. The van der Waals surface area contributed by atoms with E-state index in [2.05, 4.69) is 22.6 Å². The fourth-order valence-electron chi connectivity index (χ4n) is 0.841. The molecule has 0 aliphatic rings. The molecule has 0 atom stereocenters. The summed E-state index contributed by atoms with van der Waals surface area (Å²) in [6.45, 7) is 0. The van der Waals surface area contributed by atoms with Gasteiger partial charge in [0.25, 0.3) is 0 Å². The summed E-state index contributed by atoms with van der Waals surface area (Å²) in [6.07, 6.45) is 1.27. The number of nitrogens with two attached hydrogens (primary N) is 1. The summed E-state index contributed by atoms with van der Waals surface area (Å²) < 4.78 is 1.11. The Balaban J connectivity index is 3.01. The molecule has 0 spiro atoms. The van der Waals surface area contributed by atoms with E-state index in [0.29, 0.717) is 12.1 Å². The number of aldehydes is 1. The van der Waals surface area contributed by atoms with Gasteiger partial charge in [0.15, 0.2) is 0 Å². The van der Waals surface area contributed by atoms with E-state index in [1.165, 1.54) is 0 Å². The maximum absolute atomic E-state index is 10.2. The minimum absolute atomic E-state index is 0.405. The molecule has 2 nitrogen and oxygen atoms in total. The second kappa shape index (κ2) is 3.71. The van der Waals surface area contributed by atoms with E-state index in [1.54, 1.807) is 0 Å². The third-order valence-corrected chi connectivity index (χ3v) is 2.08. The molecule has 0 radical (unpaired) electrons. The molecule has 58 valence electrons. The molecule has 1 aromatic carbocycles. The first-order valence-electron chi connectivity index (χ1n) is 3.21. The van der Waals surface area contributed by atoms with Crippen LogP contribution in [0.2, 0.25) is 0 Å². The number of benzene rings is 1. The number of hydrogen-bond acceptors (Lipinski definition) is 2. The molecule has 0 saturated carbocycles. The van der Waals surface area contributed by atoms with Gasteiger partial charge in [-0.3, -0.25) is 0 Å².